The van der Waals surface area contributed by atoms with E-state index in [-0.39, 0.29) is 5.91 Å². The predicted molar refractivity (Wildman–Crippen MR) is 85.8 cm³/mol. The summed E-state index contributed by atoms with van der Waals surface area (Å²) in [6.45, 7) is 0.588. The summed E-state index contributed by atoms with van der Waals surface area (Å²) < 4.78 is 0. The molecule has 1 aromatic heterocycles. The molecule has 0 aliphatic heterocycles. The summed E-state index contributed by atoms with van der Waals surface area (Å²) in [7, 11) is 0. The molecule has 0 fully saturated rings. The van der Waals surface area contributed by atoms with Crippen LogP contribution in [0.1, 0.15) is 15.9 Å². The van der Waals surface area contributed by atoms with E-state index in [0.29, 0.717) is 12.1 Å². The third kappa shape index (κ3) is 3.26. The first-order valence-corrected chi connectivity index (χ1v) is 7.20. The number of aromatic amines is 1. The summed E-state index contributed by atoms with van der Waals surface area (Å²) in [5, 5.41) is 4.69. The molecule has 3 aromatic rings. The third-order valence-corrected chi connectivity index (χ3v) is 3.64. The Hall–Kier alpha value is -2.26. The van der Waals surface area contributed by atoms with Crippen molar-refractivity contribution >= 4 is 28.4 Å². The summed E-state index contributed by atoms with van der Waals surface area (Å²) >= 11 is 5.94. The van der Waals surface area contributed by atoms with Gasteiger partial charge in [-0.1, -0.05) is 23.7 Å². The molecule has 3 rings (SSSR count). The lowest BCUT2D eigenvalue weighted by atomic mass is 10.1. The Morgan fingerprint density at radius 1 is 1.14 bits per heavy atom. The third-order valence-electron chi connectivity index (χ3n) is 3.40. The van der Waals surface area contributed by atoms with Gasteiger partial charge in [-0.2, -0.15) is 0 Å². The molecular formula is C17H15ClN2O. The summed E-state index contributed by atoms with van der Waals surface area (Å²) in [5.41, 5.74) is 2.82. The zero-order chi connectivity index (χ0) is 14.7. The van der Waals surface area contributed by atoms with Crippen molar-refractivity contribution in [2.75, 3.05) is 6.54 Å². The highest BCUT2D eigenvalue weighted by atomic mass is 35.5. The van der Waals surface area contributed by atoms with Gasteiger partial charge in [0.05, 0.1) is 0 Å². The van der Waals surface area contributed by atoms with Gasteiger partial charge in [0.1, 0.15) is 0 Å². The molecule has 4 heteroatoms. The fraction of sp³-hybridized carbons (Fsp3) is 0.118. The van der Waals surface area contributed by atoms with Crippen LogP contribution in [-0.4, -0.2) is 17.4 Å². The molecule has 2 aromatic carbocycles. The predicted octanol–water partition coefficient (Wildman–Crippen LogP) is 3.79. The SMILES string of the molecule is O=C(NCCc1cccc(Cl)c1)c1ccc2[nH]ccc2c1. The molecular weight excluding hydrogens is 284 g/mol. The van der Waals surface area contributed by atoms with Gasteiger partial charge >= 0.3 is 0 Å². The largest absolute Gasteiger partial charge is 0.361 e. The topological polar surface area (TPSA) is 44.9 Å². The maximum Gasteiger partial charge on any atom is 0.251 e. The van der Waals surface area contributed by atoms with Gasteiger partial charge < -0.3 is 10.3 Å². The average Bonchev–Trinajstić information content (AvgIpc) is 2.94. The lowest BCUT2D eigenvalue weighted by Gasteiger charge is -2.06. The molecule has 0 aliphatic carbocycles. The van der Waals surface area contributed by atoms with Crippen LogP contribution in [0.4, 0.5) is 0 Å². The Morgan fingerprint density at radius 2 is 2.05 bits per heavy atom. The van der Waals surface area contributed by atoms with Crippen LogP contribution in [0, 0.1) is 0 Å². The number of amides is 1. The van der Waals surface area contributed by atoms with Gasteiger partial charge in [-0.05, 0) is 48.4 Å². The first kappa shape index (κ1) is 13.7. The Labute approximate surface area is 127 Å². The van der Waals surface area contributed by atoms with Crippen LogP contribution in [0.2, 0.25) is 5.02 Å². The van der Waals surface area contributed by atoms with Gasteiger partial charge in [-0.3, -0.25) is 4.79 Å². The Bertz CT molecular complexity index is 779. The van der Waals surface area contributed by atoms with Gasteiger partial charge in [0.2, 0.25) is 0 Å². The van der Waals surface area contributed by atoms with Crippen molar-refractivity contribution in [2.24, 2.45) is 0 Å². The Kier molecular flexibility index (Phi) is 3.93. The minimum absolute atomic E-state index is 0.0554. The van der Waals surface area contributed by atoms with Crippen LogP contribution in [-0.2, 0) is 6.42 Å². The fourth-order valence-electron chi connectivity index (χ4n) is 2.31. The number of H-pyrrole nitrogens is 1. The van der Waals surface area contributed by atoms with Crippen molar-refractivity contribution in [1.82, 2.24) is 10.3 Å². The van der Waals surface area contributed by atoms with E-state index >= 15 is 0 Å². The monoisotopic (exact) mass is 298 g/mol. The number of carbonyl (C=O) groups excluding carboxylic acids is 1. The molecule has 0 spiro atoms. The number of fused-ring (bicyclic) bond motifs is 1. The molecule has 0 bridgehead atoms. The highest BCUT2D eigenvalue weighted by Crippen LogP contribution is 2.14. The van der Waals surface area contributed by atoms with E-state index in [2.05, 4.69) is 10.3 Å². The molecule has 1 heterocycles. The molecule has 0 saturated carbocycles. The fourth-order valence-corrected chi connectivity index (χ4v) is 2.52. The number of carbonyl (C=O) groups is 1. The minimum atomic E-state index is -0.0554. The van der Waals surface area contributed by atoms with Crippen LogP contribution in [0.5, 0.6) is 0 Å². The molecule has 3 nitrogen and oxygen atoms in total. The maximum absolute atomic E-state index is 12.1. The van der Waals surface area contributed by atoms with Gasteiger partial charge in [0, 0.05) is 34.2 Å². The number of nitrogens with one attached hydrogen (secondary N) is 2. The molecule has 0 atom stereocenters. The highest BCUT2D eigenvalue weighted by Gasteiger charge is 2.06. The summed E-state index contributed by atoms with van der Waals surface area (Å²) in [4.78, 5) is 15.2. The summed E-state index contributed by atoms with van der Waals surface area (Å²) in [6, 6.07) is 15.3. The van der Waals surface area contributed by atoms with E-state index in [1.165, 1.54) is 0 Å². The van der Waals surface area contributed by atoms with E-state index in [0.717, 1.165) is 27.9 Å². The quantitative estimate of drug-likeness (QED) is 0.756. The van der Waals surface area contributed by atoms with Crippen LogP contribution >= 0.6 is 11.6 Å². The highest BCUT2D eigenvalue weighted by molar-refractivity contribution is 6.30. The van der Waals surface area contributed by atoms with Crippen LogP contribution < -0.4 is 5.32 Å². The van der Waals surface area contributed by atoms with Gasteiger partial charge in [0.15, 0.2) is 0 Å². The lowest BCUT2D eigenvalue weighted by Crippen LogP contribution is -2.25. The first-order chi connectivity index (χ1) is 10.2. The van der Waals surface area contributed by atoms with Crippen molar-refractivity contribution in [2.45, 2.75) is 6.42 Å². The number of halogens is 1. The summed E-state index contributed by atoms with van der Waals surface area (Å²) in [5.74, 6) is -0.0554. The van der Waals surface area contributed by atoms with E-state index in [9.17, 15) is 4.79 Å². The zero-order valence-corrected chi connectivity index (χ0v) is 12.2. The van der Waals surface area contributed by atoms with Crippen molar-refractivity contribution in [1.29, 1.82) is 0 Å². The number of benzene rings is 2. The van der Waals surface area contributed by atoms with Gasteiger partial charge in [-0.15, -0.1) is 0 Å². The van der Waals surface area contributed by atoms with E-state index in [1.807, 2.05) is 54.7 Å². The number of rotatable bonds is 4. The molecule has 2 N–H and O–H groups in total. The van der Waals surface area contributed by atoms with Crippen LogP contribution in [0.3, 0.4) is 0 Å². The minimum Gasteiger partial charge on any atom is -0.361 e. The van der Waals surface area contributed by atoms with Crippen molar-refractivity contribution < 1.29 is 4.79 Å². The number of hydrogen-bond donors (Lipinski definition) is 2. The second kappa shape index (κ2) is 6.02. The van der Waals surface area contributed by atoms with Crippen molar-refractivity contribution in [3.63, 3.8) is 0 Å². The Morgan fingerprint density at radius 3 is 2.90 bits per heavy atom. The van der Waals surface area contributed by atoms with Gasteiger partial charge in [-0.25, -0.2) is 0 Å². The molecule has 106 valence electrons. The standard InChI is InChI=1S/C17H15ClN2O/c18-15-3-1-2-12(10-15)6-8-20-17(21)14-4-5-16-13(11-14)7-9-19-16/h1-5,7,9-11,19H,6,8H2,(H,20,21). The smallest absolute Gasteiger partial charge is 0.251 e. The second-order valence-electron chi connectivity index (χ2n) is 4.92. The average molecular weight is 299 g/mol. The molecule has 21 heavy (non-hydrogen) atoms. The summed E-state index contributed by atoms with van der Waals surface area (Å²) in [6.07, 6.45) is 2.63. The number of aromatic nitrogens is 1. The van der Waals surface area contributed by atoms with E-state index in [1.54, 1.807) is 0 Å². The Balaban J connectivity index is 1.61. The van der Waals surface area contributed by atoms with E-state index in [4.69, 9.17) is 11.6 Å². The molecule has 0 aliphatic rings. The second-order valence-corrected chi connectivity index (χ2v) is 5.35. The van der Waals surface area contributed by atoms with Gasteiger partial charge in [0.25, 0.3) is 5.91 Å². The van der Waals surface area contributed by atoms with E-state index < -0.39 is 0 Å². The lowest BCUT2D eigenvalue weighted by molar-refractivity contribution is 0.0954. The first-order valence-electron chi connectivity index (χ1n) is 6.82. The molecule has 0 saturated heterocycles. The normalized spacial score (nSPS) is 10.7. The maximum atomic E-state index is 12.1. The van der Waals surface area contributed by atoms with Crippen LogP contribution in [0.25, 0.3) is 10.9 Å². The number of hydrogen-bond acceptors (Lipinski definition) is 1. The molecule has 1 amide bonds. The van der Waals surface area contributed by atoms with Crippen LogP contribution in [0.15, 0.2) is 54.7 Å². The van der Waals surface area contributed by atoms with Crippen molar-refractivity contribution in [3.05, 3.63) is 70.9 Å². The molecule has 0 unspecified atom stereocenters. The van der Waals surface area contributed by atoms with Crippen molar-refractivity contribution in [3.8, 4) is 0 Å². The zero-order valence-electron chi connectivity index (χ0n) is 11.4. The molecule has 0 radical (unpaired) electrons.